The molecule has 6 nitrogen and oxygen atoms in total. The molecule has 1 heterocycles. The fraction of sp³-hybridized carbons (Fsp3) is 0.659. The van der Waals surface area contributed by atoms with Crippen molar-refractivity contribution in [3.05, 3.63) is 73.6 Å². The van der Waals surface area contributed by atoms with Crippen molar-refractivity contribution in [3.8, 4) is 0 Å². The first-order chi connectivity index (χ1) is 22.9. The zero-order valence-corrected chi connectivity index (χ0v) is 28.9. The van der Waals surface area contributed by atoms with E-state index in [-0.39, 0.29) is 23.8 Å². The van der Waals surface area contributed by atoms with Crippen LogP contribution in [0.15, 0.2) is 73.6 Å². The average Bonchev–Trinajstić information content (AvgIpc) is 3.61. The Hall–Kier alpha value is -2.86. The fourth-order valence-electron chi connectivity index (χ4n) is 8.73. The van der Waals surface area contributed by atoms with Crippen LogP contribution in [0.5, 0.6) is 0 Å². The van der Waals surface area contributed by atoms with E-state index in [0.29, 0.717) is 37.2 Å². The van der Waals surface area contributed by atoms with Crippen molar-refractivity contribution < 1.29 is 24.2 Å². The molecule has 1 amide bonds. The number of carbonyl (C=O) groups excluding carboxylic acids is 2. The summed E-state index contributed by atoms with van der Waals surface area (Å²) in [4.78, 5) is 27.0. The van der Waals surface area contributed by atoms with Crippen molar-refractivity contribution in [2.24, 2.45) is 23.7 Å². The van der Waals surface area contributed by atoms with E-state index in [1.165, 1.54) is 70.3 Å². The number of rotatable bonds is 17. The monoisotopic (exact) mass is 647 g/mol. The molecule has 4 unspecified atom stereocenters. The van der Waals surface area contributed by atoms with Crippen LogP contribution in [-0.2, 0) is 19.1 Å². The van der Waals surface area contributed by atoms with Crippen LogP contribution in [0.4, 0.5) is 0 Å². The maximum absolute atomic E-state index is 14.0. The fourth-order valence-corrected chi connectivity index (χ4v) is 8.73. The standard InChI is InChI=1S/C41H61NO5/c1-4-34(21-16-29-46-28-13-6-7-14-30-47-39(43)5-2)40(44)42-27-15-22-38(42)41(45,32(3)23-24-33-17-9-8-10-18-33)37-26-25-35-19-11-12-20-36(35)31-37/h4-5,16,21,23-24,29,33,35-38,45H,1-3,6-15,17-20,22,25-28,30-31H2/b24-23-,29-16-,34-21+/t35?,36?,37?,38-,41?/m0/s1. The third kappa shape index (κ3) is 10.3. The predicted molar refractivity (Wildman–Crippen MR) is 190 cm³/mol. The van der Waals surface area contributed by atoms with Gasteiger partial charge in [0.05, 0.1) is 25.5 Å². The molecule has 4 aliphatic rings. The van der Waals surface area contributed by atoms with Gasteiger partial charge in [0, 0.05) is 18.2 Å². The number of unbranched alkanes of at least 4 members (excludes halogenated alkanes) is 3. The molecule has 0 aromatic heterocycles. The highest BCUT2D eigenvalue weighted by atomic mass is 16.5. The lowest BCUT2D eigenvalue weighted by atomic mass is 9.61. The quantitative estimate of drug-likeness (QED) is 0.0561. The van der Waals surface area contributed by atoms with Gasteiger partial charge in [-0.25, -0.2) is 4.79 Å². The summed E-state index contributed by atoms with van der Waals surface area (Å²) in [6, 6.07) is -0.299. The first-order valence-electron chi connectivity index (χ1n) is 18.7. The number of amides is 1. The minimum Gasteiger partial charge on any atom is -0.501 e. The molecule has 5 atom stereocenters. The van der Waals surface area contributed by atoms with Gasteiger partial charge in [-0.3, -0.25) is 4.79 Å². The van der Waals surface area contributed by atoms with Crippen LogP contribution in [0.2, 0.25) is 0 Å². The highest BCUT2D eigenvalue weighted by molar-refractivity contribution is 5.96. The second kappa shape index (κ2) is 19.2. The van der Waals surface area contributed by atoms with E-state index in [1.54, 1.807) is 24.5 Å². The number of fused-ring (bicyclic) bond motifs is 1. The summed E-state index contributed by atoms with van der Waals surface area (Å²) in [5.74, 6) is 1.65. The van der Waals surface area contributed by atoms with Gasteiger partial charge in [0.25, 0.3) is 5.91 Å². The van der Waals surface area contributed by atoms with Crippen molar-refractivity contribution in [2.45, 2.75) is 127 Å². The Morgan fingerprint density at radius 1 is 0.830 bits per heavy atom. The number of likely N-dealkylation sites (tertiary alicyclic amines) is 1. The van der Waals surface area contributed by atoms with Gasteiger partial charge in [-0.05, 0) is 112 Å². The van der Waals surface area contributed by atoms with Gasteiger partial charge in [0.15, 0.2) is 0 Å². The van der Waals surface area contributed by atoms with Gasteiger partial charge in [0.1, 0.15) is 5.60 Å². The number of hydrogen-bond donors (Lipinski definition) is 1. The lowest BCUT2D eigenvalue weighted by Crippen LogP contribution is -2.58. The van der Waals surface area contributed by atoms with Crippen LogP contribution in [0.3, 0.4) is 0 Å². The van der Waals surface area contributed by atoms with Gasteiger partial charge >= 0.3 is 5.97 Å². The van der Waals surface area contributed by atoms with Crippen LogP contribution in [0, 0.1) is 23.7 Å². The Labute approximate surface area is 284 Å². The van der Waals surface area contributed by atoms with Crippen molar-refractivity contribution in [1.29, 1.82) is 0 Å². The van der Waals surface area contributed by atoms with Gasteiger partial charge in [-0.1, -0.05) is 82.9 Å². The average molecular weight is 648 g/mol. The van der Waals surface area contributed by atoms with Crippen molar-refractivity contribution in [3.63, 3.8) is 0 Å². The first-order valence-corrected chi connectivity index (χ1v) is 18.7. The van der Waals surface area contributed by atoms with E-state index in [1.807, 2.05) is 4.90 Å². The number of aliphatic hydroxyl groups is 1. The van der Waals surface area contributed by atoms with Crippen LogP contribution in [0.25, 0.3) is 0 Å². The topological polar surface area (TPSA) is 76.1 Å². The van der Waals surface area contributed by atoms with Crippen molar-refractivity contribution >= 4 is 11.9 Å². The van der Waals surface area contributed by atoms with Gasteiger partial charge in [-0.2, -0.15) is 0 Å². The van der Waals surface area contributed by atoms with Crippen LogP contribution in [0.1, 0.15) is 116 Å². The van der Waals surface area contributed by atoms with E-state index < -0.39 is 5.60 Å². The summed E-state index contributed by atoms with van der Waals surface area (Å²) in [5.41, 5.74) is 0.160. The van der Waals surface area contributed by atoms with Crippen molar-refractivity contribution in [1.82, 2.24) is 4.90 Å². The van der Waals surface area contributed by atoms with E-state index in [0.717, 1.165) is 62.9 Å². The molecule has 1 N–H and O–H groups in total. The Morgan fingerprint density at radius 3 is 2.30 bits per heavy atom. The molecule has 0 bridgehead atoms. The van der Waals surface area contributed by atoms with Crippen molar-refractivity contribution in [2.75, 3.05) is 19.8 Å². The maximum atomic E-state index is 14.0. The summed E-state index contributed by atoms with van der Waals surface area (Å²) in [6.45, 7) is 13.5. The lowest BCUT2D eigenvalue weighted by molar-refractivity contribution is -0.138. The van der Waals surface area contributed by atoms with Gasteiger partial charge in [0.2, 0.25) is 0 Å². The Morgan fingerprint density at radius 2 is 1.55 bits per heavy atom. The third-order valence-electron chi connectivity index (χ3n) is 11.4. The van der Waals surface area contributed by atoms with E-state index in [4.69, 9.17) is 9.47 Å². The summed E-state index contributed by atoms with van der Waals surface area (Å²) >= 11 is 0. The zero-order chi connectivity index (χ0) is 33.5. The Bertz CT molecular complexity index is 1150. The van der Waals surface area contributed by atoms with E-state index in [9.17, 15) is 14.7 Å². The number of allylic oxidation sites excluding steroid dienone is 3. The molecular weight excluding hydrogens is 586 g/mol. The molecule has 6 heteroatoms. The molecule has 0 aromatic carbocycles. The number of ether oxygens (including phenoxy) is 2. The smallest absolute Gasteiger partial charge is 0.330 e. The molecule has 4 rings (SSSR count). The molecular formula is C41H61NO5. The number of esters is 1. The van der Waals surface area contributed by atoms with Crippen LogP contribution < -0.4 is 0 Å². The van der Waals surface area contributed by atoms with Crippen LogP contribution >= 0.6 is 0 Å². The van der Waals surface area contributed by atoms with Gasteiger partial charge < -0.3 is 19.5 Å². The highest BCUT2D eigenvalue weighted by Gasteiger charge is 2.52. The summed E-state index contributed by atoms with van der Waals surface area (Å²) in [7, 11) is 0. The lowest BCUT2D eigenvalue weighted by Gasteiger charge is -2.50. The molecule has 4 fully saturated rings. The molecule has 260 valence electrons. The van der Waals surface area contributed by atoms with Crippen LogP contribution in [-0.4, -0.2) is 53.3 Å². The SMILES string of the molecule is C=CC(=O)OCCCCCCO/C=C\C=C(/C=C)C(=O)N1CCC[C@H]1C(O)(C(=C)/C=C\C1CCCCC1)C1CCC2CCCCC2C1. The number of hydrogen-bond acceptors (Lipinski definition) is 5. The summed E-state index contributed by atoms with van der Waals surface area (Å²) in [6.07, 6.45) is 32.4. The first kappa shape index (κ1) is 37.0. The third-order valence-corrected chi connectivity index (χ3v) is 11.4. The summed E-state index contributed by atoms with van der Waals surface area (Å²) < 4.78 is 10.7. The minimum absolute atomic E-state index is 0.0851. The highest BCUT2D eigenvalue weighted by Crippen LogP contribution is 2.50. The zero-order valence-electron chi connectivity index (χ0n) is 28.9. The molecule has 0 spiro atoms. The largest absolute Gasteiger partial charge is 0.501 e. The normalized spacial score (nSPS) is 26.9. The Kier molecular flexibility index (Phi) is 15.1. The second-order valence-corrected chi connectivity index (χ2v) is 14.4. The maximum Gasteiger partial charge on any atom is 0.330 e. The molecule has 1 aliphatic heterocycles. The molecule has 0 radical (unpaired) electrons. The molecule has 1 saturated heterocycles. The van der Waals surface area contributed by atoms with Gasteiger partial charge in [-0.15, -0.1) is 0 Å². The number of nitrogens with zero attached hydrogens (tertiary/aromatic N) is 1. The molecule has 3 aliphatic carbocycles. The molecule has 3 saturated carbocycles. The number of carbonyl (C=O) groups is 2. The van der Waals surface area contributed by atoms with E-state index in [2.05, 4.69) is 31.9 Å². The minimum atomic E-state index is -1.14. The summed E-state index contributed by atoms with van der Waals surface area (Å²) in [5, 5.41) is 12.9. The van der Waals surface area contributed by atoms with E-state index >= 15 is 0 Å². The molecule has 47 heavy (non-hydrogen) atoms. The predicted octanol–water partition coefficient (Wildman–Crippen LogP) is 8.94. The molecule has 0 aromatic rings. The second-order valence-electron chi connectivity index (χ2n) is 14.4. The Balaban J connectivity index is 1.39.